The van der Waals surface area contributed by atoms with Crippen LogP contribution in [0.3, 0.4) is 0 Å². The summed E-state index contributed by atoms with van der Waals surface area (Å²) < 4.78 is 5.14. The number of carbonyl (C=O) groups is 2. The van der Waals surface area contributed by atoms with Crippen LogP contribution < -0.4 is 10.1 Å². The summed E-state index contributed by atoms with van der Waals surface area (Å²) in [6, 6.07) is 4.59. The highest BCUT2D eigenvalue weighted by Gasteiger charge is 2.30. The number of aliphatic carboxylic acids is 1. The molecule has 1 aliphatic heterocycles. The molecule has 0 bridgehead atoms. The second kappa shape index (κ2) is 12.5. The molecule has 0 aromatic carbocycles. The van der Waals surface area contributed by atoms with Crippen molar-refractivity contribution in [2.75, 3.05) is 32.1 Å². The first-order valence-corrected chi connectivity index (χ1v) is 11.9. The van der Waals surface area contributed by atoms with Crippen molar-refractivity contribution in [2.45, 2.75) is 58.4 Å². The predicted octanol–water partition coefficient (Wildman–Crippen LogP) is 2.69. The number of aryl methyl sites for hydroxylation is 4. The summed E-state index contributed by atoms with van der Waals surface area (Å²) in [6.45, 7) is 4.18. The minimum atomic E-state index is -1.17. The Kier molecular flexibility index (Phi) is 9.39. The summed E-state index contributed by atoms with van der Waals surface area (Å²) in [6.07, 6.45) is 4.09. The number of pyridine rings is 2. The third-order valence-corrected chi connectivity index (χ3v) is 6.04. The lowest BCUT2D eigenvalue weighted by molar-refractivity contribution is -0.174. The van der Waals surface area contributed by atoms with Crippen LogP contribution in [0.15, 0.2) is 18.2 Å². The number of aliphatic hydroxyl groups is 1. The number of carboxylic acids is 1. The number of rotatable bonds is 12. The number of hydroxylamine groups is 2. The molecule has 10 heteroatoms. The molecule has 0 aliphatic carbocycles. The van der Waals surface area contributed by atoms with E-state index in [1.807, 2.05) is 6.07 Å². The van der Waals surface area contributed by atoms with Crippen LogP contribution in [0.25, 0.3) is 0 Å². The number of hydrogen-bond donors (Lipinski definition) is 3. The van der Waals surface area contributed by atoms with Gasteiger partial charge < -0.3 is 25.1 Å². The number of hydrogen-bond acceptors (Lipinski definition) is 9. The van der Waals surface area contributed by atoms with Gasteiger partial charge in [0.05, 0.1) is 18.4 Å². The molecule has 0 unspecified atom stereocenters. The molecule has 2 aromatic heterocycles. The molecule has 0 spiro atoms. The van der Waals surface area contributed by atoms with E-state index in [2.05, 4.69) is 21.4 Å². The quantitative estimate of drug-likeness (QED) is 0.304. The largest absolute Gasteiger partial charge is 0.481 e. The van der Waals surface area contributed by atoms with Crippen molar-refractivity contribution in [1.82, 2.24) is 15.0 Å². The summed E-state index contributed by atoms with van der Waals surface area (Å²) in [5.41, 5.74) is 3.48. The standard InChI is InChI=1S/C25H34N4O6/c1-16-15-21(34-3)27-17(2)22(16)25(33)35-29(20(11-14-30)24(31)32)13-5-4-8-19-10-9-18-7-6-12-26-23(18)28-19/h9-10,15,20,30H,4-8,11-14H2,1-3H3,(H,26,28)(H,31,32)/t20-/m0/s1. The highest BCUT2D eigenvalue weighted by Crippen LogP contribution is 2.22. The number of aliphatic hydroxyl groups excluding tert-OH is 1. The van der Waals surface area contributed by atoms with E-state index in [9.17, 15) is 19.8 Å². The number of carbonyl (C=O) groups excluding carboxylic acids is 1. The van der Waals surface area contributed by atoms with Gasteiger partial charge in [0.2, 0.25) is 5.88 Å². The average Bonchev–Trinajstić information content (AvgIpc) is 2.83. The fraction of sp³-hybridized carbons (Fsp3) is 0.520. The summed E-state index contributed by atoms with van der Waals surface area (Å²) in [5.74, 6) is -0.544. The zero-order valence-electron chi connectivity index (χ0n) is 20.5. The molecular weight excluding hydrogens is 452 g/mol. The molecule has 0 amide bonds. The first-order valence-electron chi connectivity index (χ1n) is 11.9. The number of carboxylic acid groups (broad SMARTS) is 1. The first-order chi connectivity index (χ1) is 16.8. The van der Waals surface area contributed by atoms with Crippen molar-refractivity contribution in [3.05, 3.63) is 46.3 Å². The van der Waals surface area contributed by atoms with Gasteiger partial charge in [-0.3, -0.25) is 4.79 Å². The van der Waals surface area contributed by atoms with Crippen LogP contribution in [0.1, 0.15) is 58.6 Å². The third kappa shape index (κ3) is 6.89. The number of nitrogens with zero attached hydrogens (tertiary/aromatic N) is 3. The van der Waals surface area contributed by atoms with Crippen molar-refractivity contribution in [1.29, 1.82) is 0 Å². The summed E-state index contributed by atoms with van der Waals surface area (Å²) in [7, 11) is 1.49. The third-order valence-electron chi connectivity index (χ3n) is 6.04. The molecular formula is C25H34N4O6. The topological polar surface area (TPSA) is 134 Å². The lowest BCUT2D eigenvalue weighted by Gasteiger charge is -2.27. The SMILES string of the molecule is COc1cc(C)c(C(=O)ON(CCCCc2ccc3c(n2)NCCC3)[C@@H](CCO)C(=O)O)c(C)n1. The van der Waals surface area contributed by atoms with Gasteiger partial charge in [-0.1, -0.05) is 6.07 Å². The molecule has 0 fully saturated rings. The first kappa shape index (κ1) is 26.4. The smallest absolute Gasteiger partial charge is 0.359 e. The van der Waals surface area contributed by atoms with Crippen LogP contribution in [0.2, 0.25) is 0 Å². The van der Waals surface area contributed by atoms with Crippen LogP contribution >= 0.6 is 0 Å². The van der Waals surface area contributed by atoms with Gasteiger partial charge >= 0.3 is 11.9 Å². The molecule has 35 heavy (non-hydrogen) atoms. The minimum Gasteiger partial charge on any atom is -0.481 e. The van der Waals surface area contributed by atoms with Gasteiger partial charge in [0.25, 0.3) is 0 Å². The number of anilines is 1. The monoisotopic (exact) mass is 486 g/mol. The maximum atomic E-state index is 13.0. The minimum absolute atomic E-state index is 0.0700. The number of methoxy groups -OCH3 is 1. The second-order valence-electron chi connectivity index (χ2n) is 8.63. The van der Waals surface area contributed by atoms with Crippen LogP contribution in [0, 0.1) is 13.8 Å². The summed E-state index contributed by atoms with van der Waals surface area (Å²) >= 11 is 0. The second-order valence-corrected chi connectivity index (χ2v) is 8.63. The zero-order valence-corrected chi connectivity index (χ0v) is 20.5. The lowest BCUT2D eigenvalue weighted by atomic mass is 10.1. The maximum absolute atomic E-state index is 13.0. The van der Waals surface area contributed by atoms with Crippen molar-refractivity contribution in [2.24, 2.45) is 0 Å². The molecule has 3 N–H and O–H groups in total. The molecule has 1 atom stereocenters. The van der Waals surface area contributed by atoms with Gasteiger partial charge in [0.1, 0.15) is 11.9 Å². The molecule has 3 heterocycles. The Morgan fingerprint density at radius 1 is 1.23 bits per heavy atom. The molecule has 2 aromatic rings. The Balaban J connectivity index is 1.67. The van der Waals surface area contributed by atoms with Crippen LogP contribution in [-0.2, 0) is 22.5 Å². The van der Waals surface area contributed by atoms with Gasteiger partial charge in [0, 0.05) is 31.5 Å². The number of unbranched alkanes of at least 4 members (excludes halogenated alkanes) is 1. The Morgan fingerprint density at radius 2 is 2.03 bits per heavy atom. The van der Waals surface area contributed by atoms with E-state index in [4.69, 9.17) is 9.57 Å². The highest BCUT2D eigenvalue weighted by molar-refractivity contribution is 5.92. The van der Waals surface area contributed by atoms with Crippen LogP contribution in [0.4, 0.5) is 5.82 Å². The van der Waals surface area contributed by atoms with Gasteiger partial charge in [-0.15, -0.1) is 5.06 Å². The average molecular weight is 487 g/mol. The Labute approximate surface area is 205 Å². The molecule has 1 aliphatic rings. The molecule has 0 saturated carbocycles. The fourth-order valence-electron chi connectivity index (χ4n) is 4.22. The summed E-state index contributed by atoms with van der Waals surface area (Å²) in [5, 5.41) is 23.6. The van der Waals surface area contributed by atoms with Gasteiger partial charge in [-0.25, -0.2) is 14.8 Å². The van der Waals surface area contributed by atoms with E-state index in [-0.39, 0.29) is 25.1 Å². The van der Waals surface area contributed by atoms with E-state index in [0.29, 0.717) is 23.6 Å². The Bertz CT molecular complexity index is 1020. The van der Waals surface area contributed by atoms with E-state index in [1.165, 1.54) is 12.7 Å². The number of aromatic nitrogens is 2. The van der Waals surface area contributed by atoms with Crippen molar-refractivity contribution >= 4 is 17.8 Å². The number of nitrogens with one attached hydrogen (secondary N) is 1. The van der Waals surface area contributed by atoms with Crippen molar-refractivity contribution in [3.63, 3.8) is 0 Å². The maximum Gasteiger partial charge on any atom is 0.359 e. The molecule has 10 nitrogen and oxygen atoms in total. The number of ether oxygens (including phenoxy) is 1. The zero-order chi connectivity index (χ0) is 25.4. The molecule has 190 valence electrons. The summed E-state index contributed by atoms with van der Waals surface area (Å²) in [4.78, 5) is 39.4. The number of fused-ring (bicyclic) bond motifs is 1. The Hall–Kier alpha value is -3.24. The van der Waals surface area contributed by atoms with Gasteiger partial charge in [-0.05, 0) is 69.6 Å². The van der Waals surface area contributed by atoms with Crippen LogP contribution in [0.5, 0.6) is 5.88 Å². The van der Waals surface area contributed by atoms with Crippen molar-refractivity contribution in [3.8, 4) is 5.88 Å². The Morgan fingerprint density at radius 3 is 2.71 bits per heavy atom. The van der Waals surface area contributed by atoms with E-state index >= 15 is 0 Å². The lowest BCUT2D eigenvalue weighted by Crippen LogP contribution is -2.44. The van der Waals surface area contributed by atoms with E-state index < -0.39 is 18.0 Å². The molecule has 0 radical (unpaired) electrons. The highest BCUT2D eigenvalue weighted by atomic mass is 16.7. The van der Waals surface area contributed by atoms with Crippen LogP contribution in [-0.4, -0.2) is 70.0 Å². The van der Waals surface area contributed by atoms with Crippen molar-refractivity contribution < 1.29 is 29.4 Å². The molecule has 3 rings (SSSR count). The van der Waals surface area contributed by atoms with E-state index in [1.54, 1.807) is 19.9 Å². The fourth-order valence-corrected chi connectivity index (χ4v) is 4.22. The van der Waals surface area contributed by atoms with Gasteiger partial charge in [-0.2, -0.15) is 0 Å². The normalized spacial score (nSPS) is 13.6. The predicted molar refractivity (Wildman–Crippen MR) is 129 cm³/mol. The molecule has 0 saturated heterocycles. The van der Waals surface area contributed by atoms with E-state index in [0.717, 1.165) is 48.8 Å². The van der Waals surface area contributed by atoms with Gasteiger partial charge in [0.15, 0.2) is 0 Å².